The fourth-order valence-electron chi connectivity index (χ4n) is 1.52. The van der Waals surface area contributed by atoms with Gasteiger partial charge in [0.25, 0.3) is 5.69 Å². The fraction of sp³-hybridized carbons (Fsp3) is 0.500. The summed E-state index contributed by atoms with van der Waals surface area (Å²) in [6.45, 7) is 2.95. The summed E-state index contributed by atoms with van der Waals surface area (Å²) in [7, 11) is 1.50. The number of hydrogen-bond acceptors (Lipinski definition) is 4. The molecule has 0 aliphatic carbocycles. The monoisotopic (exact) mass is 238 g/mol. The predicted molar refractivity (Wildman–Crippen MR) is 67.7 cm³/mol. The van der Waals surface area contributed by atoms with Crippen molar-refractivity contribution >= 4 is 11.4 Å². The number of nitrogens with zero attached hydrogens (tertiary/aromatic N) is 1. The molecule has 0 aliphatic heterocycles. The molecule has 0 bridgehead atoms. The number of ether oxygens (including phenoxy) is 1. The van der Waals surface area contributed by atoms with Gasteiger partial charge in [0.05, 0.1) is 18.1 Å². The van der Waals surface area contributed by atoms with E-state index in [1.807, 2.05) is 0 Å². The lowest BCUT2D eigenvalue weighted by Gasteiger charge is -2.07. The van der Waals surface area contributed by atoms with Crippen molar-refractivity contribution in [2.45, 2.75) is 26.2 Å². The quantitative estimate of drug-likeness (QED) is 0.450. The van der Waals surface area contributed by atoms with Gasteiger partial charge in [-0.25, -0.2) is 0 Å². The maximum Gasteiger partial charge on any atom is 0.275 e. The second-order valence-electron chi connectivity index (χ2n) is 3.81. The van der Waals surface area contributed by atoms with Crippen LogP contribution in [0.5, 0.6) is 5.75 Å². The summed E-state index contributed by atoms with van der Waals surface area (Å²) in [6.07, 6.45) is 3.36. The van der Waals surface area contributed by atoms with E-state index in [4.69, 9.17) is 4.74 Å². The Labute approximate surface area is 101 Å². The van der Waals surface area contributed by atoms with Gasteiger partial charge < -0.3 is 10.1 Å². The van der Waals surface area contributed by atoms with Gasteiger partial charge in [-0.3, -0.25) is 10.1 Å². The van der Waals surface area contributed by atoms with Crippen LogP contribution in [0.3, 0.4) is 0 Å². The molecule has 0 saturated heterocycles. The van der Waals surface area contributed by atoms with Gasteiger partial charge >= 0.3 is 0 Å². The summed E-state index contributed by atoms with van der Waals surface area (Å²) in [5.41, 5.74) is 0.773. The van der Waals surface area contributed by atoms with Crippen LogP contribution in [0.4, 0.5) is 11.4 Å². The van der Waals surface area contributed by atoms with E-state index in [1.165, 1.54) is 19.2 Å². The lowest BCUT2D eigenvalue weighted by Crippen LogP contribution is -2.02. The van der Waals surface area contributed by atoms with Crippen LogP contribution in [-0.2, 0) is 0 Å². The SMILES string of the molecule is CCCCCNc1cc(OC)cc([N+](=O)[O-])c1. The molecule has 1 aromatic carbocycles. The van der Waals surface area contributed by atoms with Gasteiger partial charge in [0.1, 0.15) is 5.75 Å². The van der Waals surface area contributed by atoms with Crippen LogP contribution < -0.4 is 10.1 Å². The zero-order chi connectivity index (χ0) is 12.7. The molecule has 0 atom stereocenters. The Hall–Kier alpha value is -1.78. The van der Waals surface area contributed by atoms with Crippen LogP contribution in [0.2, 0.25) is 0 Å². The standard InChI is InChI=1S/C12H18N2O3/c1-3-4-5-6-13-10-7-11(14(15)16)9-12(8-10)17-2/h7-9,13H,3-6H2,1-2H3. The van der Waals surface area contributed by atoms with E-state index in [-0.39, 0.29) is 5.69 Å². The van der Waals surface area contributed by atoms with E-state index in [2.05, 4.69) is 12.2 Å². The molecule has 5 nitrogen and oxygen atoms in total. The Morgan fingerprint density at radius 1 is 1.35 bits per heavy atom. The van der Waals surface area contributed by atoms with E-state index in [1.54, 1.807) is 6.07 Å². The fourth-order valence-corrected chi connectivity index (χ4v) is 1.52. The van der Waals surface area contributed by atoms with Crippen molar-refractivity contribution in [2.75, 3.05) is 19.0 Å². The summed E-state index contributed by atoms with van der Waals surface area (Å²) >= 11 is 0. The number of nitro benzene ring substituents is 1. The molecule has 0 amide bonds. The smallest absolute Gasteiger partial charge is 0.275 e. The second-order valence-corrected chi connectivity index (χ2v) is 3.81. The number of non-ortho nitro benzene ring substituents is 1. The highest BCUT2D eigenvalue weighted by Gasteiger charge is 2.09. The van der Waals surface area contributed by atoms with Gasteiger partial charge in [-0.05, 0) is 6.42 Å². The molecule has 0 aromatic heterocycles. The van der Waals surface area contributed by atoms with Crippen molar-refractivity contribution in [1.29, 1.82) is 0 Å². The lowest BCUT2D eigenvalue weighted by molar-refractivity contribution is -0.384. The van der Waals surface area contributed by atoms with E-state index in [0.717, 1.165) is 31.5 Å². The molecule has 5 heteroatoms. The first-order valence-corrected chi connectivity index (χ1v) is 5.74. The molecule has 1 aromatic rings. The normalized spacial score (nSPS) is 10.0. The third kappa shape index (κ3) is 4.30. The number of benzene rings is 1. The molecular formula is C12H18N2O3. The van der Waals surface area contributed by atoms with E-state index >= 15 is 0 Å². The first-order chi connectivity index (χ1) is 8.17. The van der Waals surface area contributed by atoms with Crippen LogP contribution in [-0.4, -0.2) is 18.6 Å². The number of anilines is 1. The first kappa shape index (κ1) is 13.3. The minimum atomic E-state index is -0.417. The van der Waals surface area contributed by atoms with Crippen LogP contribution in [0.15, 0.2) is 18.2 Å². The summed E-state index contributed by atoms with van der Waals surface area (Å²) in [5.74, 6) is 0.497. The Bertz CT molecular complexity index is 380. The van der Waals surface area contributed by atoms with Gasteiger partial charge in [-0.2, -0.15) is 0 Å². The van der Waals surface area contributed by atoms with Crippen LogP contribution in [0.25, 0.3) is 0 Å². The largest absolute Gasteiger partial charge is 0.496 e. The maximum absolute atomic E-state index is 10.7. The number of nitrogens with one attached hydrogen (secondary N) is 1. The van der Waals surface area contributed by atoms with Gasteiger partial charge in [-0.15, -0.1) is 0 Å². The predicted octanol–water partition coefficient (Wildman–Crippen LogP) is 3.21. The molecule has 1 rings (SSSR count). The first-order valence-electron chi connectivity index (χ1n) is 5.74. The summed E-state index contributed by atoms with van der Waals surface area (Å²) < 4.78 is 5.03. The molecule has 0 fully saturated rings. The van der Waals surface area contributed by atoms with Gasteiger partial charge in [0.2, 0.25) is 0 Å². The lowest BCUT2D eigenvalue weighted by atomic mass is 10.2. The number of methoxy groups -OCH3 is 1. The van der Waals surface area contributed by atoms with Crippen molar-refractivity contribution in [3.05, 3.63) is 28.3 Å². The van der Waals surface area contributed by atoms with Crippen molar-refractivity contribution in [2.24, 2.45) is 0 Å². The third-order valence-corrected chi connectivity index (χ3v) is 2.45. The second kappa shape index (κ2) is 6.73. The number of hydrogen-bond donors (Lipinski definition) is 1. The van der Waals surface area contributed by atoms with E-state index in [9.17, 15) is 10.1 Å². The Kier molecular flexibility index (Phi) is 5.26. The molecule has 0 heterocycles. The topological polar surface area (TPSA) is 64.4 Å². The summed E-state index contributed by atoms with van der Waals surface area (Å²) in [4.78, 5) is 10.3. The Morgan fingerprint density at radius 3 is 2.71 bits per heavy atom. The van der Waals surface area contributed by atoms with Crippen LogP contribution in [0.1, 0.15) is 26.2 Å². The highest BCUT2D eigenvalue weighted by molar-refractivity contribution is 5.56. The average molecular weight is 238 g/mol. The molecule has 17 heavy (non-hydrogen) atoms. The van der Waals surface area contributed by atoms with Gasteiger partial charge in [0, 0.05) is 24.4 Å². The van der Waals surface area contributed by atoms with Gasteiger partial charge in [-0.1, -0.05) is 19.8 Å². The van der Waals surface area contributed by atoms with E-state index < -0.39 is 4.92 Å². The zero-order valence-electron chi connectivity index (χ0n) is 10.2. The third-order valence-electron chi connectivity index (χ3n) is 2.45. The summed E-state index contributed by atoms with van der Waals surface area (Å²) in [6, 6.07) is 4.70. The number of nitro groups is 1. The van der Waals surface area contributed by atoms with Crippen molar-refractivity contribution < 1.29 is 9.66 Å². The molecule has 94 valence electrons. The number of unbranched alkanes of at least 4 members (excludes halogenated alkanes) is 2. The van der Waals surface area contributed by atoms with Gasteiger partial charge in [0.15, 0.2) is 0 Å². The molecule has 0 aliphatic rings. The van der Waals surface area contributed by atoms with Crippen molar-refractivity contribution in [3.8, 4) is 5.75 Å². The van der Waals surface area contributed by atoms with Crippen molar-refractivity contribution in [1.82, 2.24) is 0 Å². The molecule has 1 N–H and O–H groups in total. The van der Waals surface area contributed by atoms with E-state index in [0.29, 0.717) is 5.75 Å². The number of rotatable bonds is 7. The molecule has 0 radical (unpaired) electrons. The van der Waals surface area contributed by atoms with Crippen LogP contribution >= 0.6 is 0 Å². The highest BCUT2D eigenvalue weighted by atomic mass is 16.6. The van der Waals surface area contributed by atoms with Crippen LogP contribution in [0, 0.1) is 10.1 Å². The van der Waals surface area contributed by atoms with Crippen molar-refractivity contribution in [3.63, 3.8) is 0 Å². The Balaban J connectivity index is 2.70. The minimum Gasteiger partial charge on any atom is -0.496 e. The molecular weight excluding hydrogens is 220 g/mol. The average Bonchev–Trinajstić information content (AvgIpc) is 2.34. The minimum absolute atomic E-state index is 0.0438. The Morgan fingerprint density at radius 2 is 2.12 bits per heavy atom. The zero-order valence-corrected chi connectivity index (χ0v) is 10.2. The maximum atomic E-state index is 10.7. The summed E-state index contributed by atoms with van der Waals surface area (Å²) in [5, 5.41) is 13.9. The molecule has 0 spiro atoms. The highest BCUT2D eigenvalue weighted by Crippen LogP contribution is 2.25. The molecule has 0 unspecified atom stereocenters. The molecule has 0 saturated carbocycles.